The normalized spacial score (nSPS) is 28.1. The van der Waals surface area contributed by atoms with Gasteiger partial charge in [-0.15, -0.1) is 0 Å². The van der Waals surface area contributed by atoms with Crippen LogP contribution in [-0.4, -0.2) is 60.7 Å². The number of aliphatic hydroxyl groups is 1. The number of benzene rings is 2. The monoisotopic (exact) mass is 697 g/mol. The zero-order valence-corrected chi connectivity index (χ0v) is 28.3. The van der Waals surface area contributed by atoms with E-state index >= 15 is 0 Å². The number of fused-ring (bicyclic) bond motifs is 5. The fourth-order valence-electron chi connectivity index (χ4n) is 5.67. The lowest BCUT2D eigenvalue weighted by atomic mass is 9.87. The van der Waals surface area contributed by atoms with E-state index in [1.165, 1.54) is 20.3 Å². The number of amides is 2. The molecule has 4 N–H and O–H groups in total. The molecule has 2 bridgehead atoms. The maximum atomic E-state index is 13.9. The van der Waals surface area contributed by atoms with Crippen LogP contribution in [0.2, 0.25) is 0 Å². The van der Waals surface area contributed by atoms with E-state index in [2.05, 4.69) is 21.2 Å². The van der Waals surface area contributed by atoms with Crippen molar-refractivity contribution in [3.63, 3.8) is 0 Å². The second-order valence-electron chi connectivity index (χ2n) is 11.7. The van der Waals surface area contributed by atoms with Gasteiger partial charge in [0.25, 0.3) is 5.91 Å². The first-order valence-corrected chi connectivity index (χ1v) is 15.7. The van der Waals surface area contributed by atoms with Crippen LogP contribution in [-0.2, 0) is 25.4 Å². The van der Waals surface area contributed by atoms with Gasteiger partial charge in [-0.05, 0) is 62.4 Å². The topological polar surface area (TPSA) is 163 Å². The first-order chi connectivity index (χ1) is 21.8. The molecule has 1 aromatic carbocycles. The second-order valence-corrected chi connectivity index (χ2v) is 12.6. The maximum Gasteiger partial charge on any atom is 0.405 e. The lowest BCUT2D eigenvalue weighted by Crippen LogP contribution is -2.37. The predicted molar refractivity (Wildman–Crippen MR) is 179 cm³/mol. The third-order valence-corrected chi connectivity index (χ3v) is 8.62. The van der Waals surface area contributed by atoms with Gasteiger partial charge in [-0.1, -0.05) is 54.1 Å². The van der Waals surface area contributed by atoms with Gasteiger partial charge in [0, 0.05) is 35.7 Å². The minimum absolute atomic E-state index is 0.0628. The van der Waals surface area contributed by atoms with Gasteiger partial charge in [0.2, 0.25) is 5.43 Å². The Morgan fingerprint density at radius 2 is 1.89 bits per heavy atom. The van der Waals surface area contributed by atoms with E-state index in [0.717, 1.165) is 4.47 Å². The van der Waals surface area contributed by atoms with E-state index < -0.39 is 42.3 Å². The number of rotatable bonds is 3. The maximum absolute atomic E-state index is 13.9. The molecule has 246 valence electrons. The van der Waals surface area contributed by atoms with Gasteiger partial charge in [-0.25, -0.2) is 9.78 Å². The Morgan fingerprint density at radius 1 is 1.15 bits per heavy atom. The highest BCUT2D eigenvalue weighted by Gasteiger charge is 2.30. The van der Waals surface area contributed by atoms with E-state index in [0.29, 0.717) is 45.7 Å². The van der Waals surface area contributed by atoms with E-state index in [1.54, 1.807) is 44.2 Å². The predicted octanol–water partition coefficient (Wildman–Crippen LogP) is 5.52. The first-order valence-electron chi connectivity index (χ1n) is 14.9. The number of hydrogen-bond acceptors (Lipinski definition) is 9. The van der Waals surface area contributed by atoms with E-state index in [-0.39, 0.29) is 23.5 Å². The number of ether oxygens (including phenoxy) is 3. The molecule has 46 heavy (non-hydrogen) atoms. The molecule has 0 spiro atoms. The van der Waals surface area contributed by atoms with Gasteiger partial charge in [0.15, 0.2) is 17.4 Å². The number of carbonyl (C=O) groups is 2. The molecule has 0 radical (unpaired) electrons. The average molecular weight is 699 g/mol. The summed E-state index contributed by atoms with van der Waals surface area (Å²) in [6.45, 7) is 7.14. The van der Waals surface area contributed by atoms with Crippen molar-refractivity contribution < 1.29 is 33.3 Å². The van der Waals surface area contributed by atoms with Crippen molar-refractivity contribution >= 4 is 44.7 Å². The Morgan fingerprint density at radius 3 is 2.57 bits per heavy atom. The summed E-state index contributed by atoms with van der Waals surface area (Å²) in [6, 6.07) is 6.93. The summed E-state index contributed by atoms with van der Waals surface area (Å²) < 4.78 is 23.8. The standard InChI is InChI=1S/C34H40BrN3O8/c1-17-12-22-30(40)24(16-25-32(22)45-26-11-10-21(35)15-23(26)37-25)38-33(41)18(2)8-7-9-27(43-5)31(46-34(36)42)20(4)14-19(3)29(39)28(13-17)44-6/h7-11,14-17,19,27-29,31,39H,12-13H2,1-6H3,(H2,36,42)(H,38,41)/b9-7-,18-8+,20-14+. The summed E-state index contributed by atoms with van der Waals surface area (Å²) in [5, 5.41) is 14.1. The first kappa shape index (κ1) is 35.0. The van der Waals surface area contributed by atoms with Crippen molar-refractivity contribution in [1.29, 1.82) is 0 Å². The fraction of sp³-hybridized carbons (Fsp3) is 0.412. The van der Waals surface area contributed by atoms with Crippen molar-refractivity contribution in [1.82, 2.24) is 4.98 Å². The molecule has 12 heteroatoms. The highest BCUT2D eigenvalue weighted by atomic mass is 79.9. The molecular formula is C34H40BrN3O8. The number of hydrogen-bond donors (Lipinski definition) is 3. The molecule has 0 fully saturated rings. The summed E-state index contributed by atoms with van der Waals surface area (Å²) in [4.78, 5) is 43.7. The molecule has 11 nitrogen and oxygen atoms in total. The number of halogens is 1. The fourth-order valence-corrected chi connectivity index (χ4v) is 6.02. The van der Waals surface area contributed by atoms with Gasteiger partial charge in [0.05, 0.1) is 17.9 Å². The van der Waals surface area contributed by atoms with Crippen LogP contribution in [0.4, 0.5) is 10.5 Å². The smallest absolute Gasteiger partial charge is 0.405 e. The molecule has 6 unspecified atom stereocenters. The molecule has 2 heterocycles. The van der Waals surface area contributed by atoms with E-state index in [9.17, 15) is 19.5 Å². The third-order valence-electron chi connectivity index (χ3n) is 8.13. The van der Waals surface area contributed by atoms with Crippen molar-refractivity contribution in [2.75, 3.05) is 19.5 Å². The molecule has 1 aromatic rings. The number of anilines is 1. The van der Waals surface area contributed by atoms with Crippen LogP contribution in [0.15, 0.2) is 73.4 Å². The second kappa shape index (κ2) is 15.2. The van der Waals surface area contributed by atoms with Gasteiger partial charge >= 0.3 is 6.09 Å². The number of allylic oxidation sites excluding steroid dienone is 2. The van der Waals surface area contributed by atoms with Gasteiger partial charge in [-0.2, -0.15) is 0 Å². The number of methoxy groups -OCH3 is 2. The van der Waals surface area contributed by atoms with Crippen molar-refractivity contribution in [2.24, 2.45) is 17.6 Å². The van der Waals surface area contributed by atoms with Crippen LogP contribution in [0.25, 0.3) is 22.6 Å². The van der Waals surface area contributed by atoms with Crippen LogP contribution < -0.4 is 16.5 Å². The lowest BCUT2D eigenvalue weighted by Gasteiger charge is -2.29. The quantitative estimate of drug-likeness (QED) is 0.236. The Bertz CT molecular complexity index is 1710. The summed E-state index contributed by atoms with van der Waals surface area (Å²) in [5.74, 6) is -0.748. The molecule has 1 aliphatic carbocycles. The number of carbonyl (C=O) groups excluding carboxylic acids is 2. The van der Waals surface area contributed by atoms with Crippen LogP contribution in [0, 0.1) is 11.8 Å². The van der Waals surface area contributed by atoms with Crippen molar-refractivity contribution in [3.05, 3.63) is 80.0 Å². The Kier molecular flexibility index (Phi) is 11.5. The van der Waals surface area contributed by atoms with Crippen molar-refractivity contribution in [2.45, 2.75) is 65.0 Å². The Hall–Kier alpha value is -3.84. The average Bonchev–Trinajstić information content (AvgIpc) is 3.01. The molecule has 2 aliphatic heterocycles. The number of nitrogens with zero attached hydrogens (tertiary/aromatic N) is 1. The molecule has 3 aliphatic rings. The summed E-state index contributed by atoms with van der Waals surface area (Å²) in [7, 11) is 2.97. The van der Waals surface area contributed by atoms with Crippen LogP contribution in [0.5, 0.6) is 0 Å². The van der Waals surface area contributed by atoms with Crippen LogP contribution in [0.3, 0.4) is 0 Å². The molecule has 0 saturated heterocycles. The molecule has 2 amide bonds. The molecular weight excluding hydrogens is 658 g/mol. The van der Waals surface area contributed by atoms with Crippen LogP contribution >= 0.6 is 15.9 Å². The molecule has 0 aromatic heterocycles. The zero-order chi connectivity index (χ0) is 33.7. The highest BCUT2D eigenvalue weighted by Crippen LogP contribution is 2.33. The number of nitrogens with two attached hydrogens (primary N) is 1. The molecule has 4 rings (SSSR count). The Labute approximate surface area is 276 Å². The van der Waals surface area contributed by atoms with Crippen molar-refractivity contribution in [3.8, 4) is 11.5 Å². The minimum Gasteiger partial charge on any atom is -0.452 e. The number of nitrogens with one attached hydrogen (secondary N) is 1. The summed E-state index contributed by atoms with van der Waals surface area (Å²) >= 11 is 3.46. The third kappa shape index (κ3) is 8.11. The lowest BCUT2D eigenvalue weighted by molar-refractivity contribution is -0.112. The summed E-state index contributed by atoms with van der Waals surface area (Å²) in [6.07, 6.45) is 3.03. The number of aliphatic hydroxyl groups excluding tert-OH is 1. The summed E-state index contributed by atoms with van der Waals surface area (Å²) in [5.41, 5.74) is 7.82. The largest absolute Gasteiger partial charge is 0.452 e. The van der Waals surface area contributed by atoms with Gasteiger partial charge in [0.1, 0.15) is 17.3 Å². The zero-order valence-electron chi connectivity index (χ0n) is 26.7. The van der Waals surface area contributed by atoms with E-state index in [1.807, 2.05) is 26.0 Å². The van der Waals surface area contributed by atoms with Gasteiger partial charge in [-0.3, -0.25) is 9.59 Å². The number of aromatic nitrogens is 1. The van der Waals surface area contributed by atoms with Crippen LogP contribution in [0.1, 0.15) is 39.7 Å². The van der Waals surface area contributed by atoms with E-state index in [4.69, 9.17) is 29.3 Å². The number of primary amides is 1. The Balaban J connectivity index is 1.86. The van der Waals surface area contributed by atoms with Gasteiger partial charge < -0.3 is 34.8 Å². The molecule has 6 atom stereocenters. The molecule has 0 saturated carbocycles. The highest BCUT2D eigenvalue weighted by molar-refractivity contribution is 9.10. The minimum atomic E-state index is -0.987. The SMILES string of the molecule is COC1/C=C\C=C(/C)C(=O)Nc2cc3nc4cc(Br)ccc4oc-3c(c2=O)CC(C)CC(OC)C(O)C(C)/C=C(\C)C1OC(N)=O.